The van der Waals surface area contributed by atoms with Crippen LogP contribution >= 0.6 is 0 Å². The lowest BCUT2D eigenvalue weighted by Gasteiger charge is -2.27. The third-order valence-corrected chi connectivity index (χ3v) is 1.99. The van der Waals surface area contributed by atoms with Crippen molar-refractivity contribution in [3.63, 3.8) is 0 Å². The second-order valence-electron chi connectivity index (χ2n) is 2.76. The highest BCUT2D eigenvalue weighted by Crippen LogP contribution is 2.12. The number of amides is 1. The third kappa shape index (κ3) is 2.90. The van der Waals surface area contributed by atoms with Gasteiger partial charge in [0.1, 0.15) is 0 Å². The average molecular weight is 139 g/mol. The monoisotopic (exact) mass is 139 g/mol. The first-order valence-corrected chi connectivity index (χ1v) is 3.61. The molecule has 0 bridgehead atoms. The number of hydrogen-bond donors (Lipinski definition) is 1. The zero-order chi connectivity index (χ0) is 8.20. The Kier molecular flexibility index (Phi) is 3.47. The molecule has 0 spiro atoms. The quantitative estimate of drug-likeness (QED) is 0.589. The van der Waals surface area contributed by atoms with Crippen molar-refractivity contribution in [2.75, 3.05) is 0 Å². The summed E-state index contributed by atoms with van der Waals surface area (Å²) in [5.74, 6) is -0.439. The predicted octanol–water partition coefficient (Wildman–Crippen LogP) is 1.44. The van der Waals surface area contributed by atoms with Gasteiger partial charge in [0.05, 0.1) is 0 Å². The van der Waals surface area contributed by atoms with Crippen molar-refractivity contribution in [1.29, 1.82) is 0 Å². The van der Waals surface area contributed by atoms with Crippen LogP contribution in [0.2, 0.25) is 0 Å². The maximum absolute atomic E-state index is 10.4. The van der Waals surface area contributed by atoms with Crippen molar-refractivity contribution < 1.29 is 4.79 Å². The molecule has 0 rings (SSSR count). The van der Waals surface area contributed by atoms with Crippen LogP contribution in [-0.4, -0.2) is 19.2 Å². The fourth-order valence-electron chi connectivity index (χ4n) is 0.724. The Labute approximate surface area is 63.8 Å². The van der Waals surface area contributed by atoms with E-state index in [2.05, 4.69) is 5.32 Å². The van der Waals surface area contributed by atoms with Gasteiger partial charge in [-0.05, 0) is 19.8 Å². The third-order valence-electron chi connectivity index (χ3n) is 1.99. The Morgan fingerprint density at radius 1 is 1.50 bits per heavy atom. The molecule has 0 saturated heterocycles. The molecule has 0 aromatic carbocycles. The normalized spacial score (nSPS) is 11.1. The first kappa shape index (κ1) is 9.53. The van der Waals surface area contributed by atoms with E-state index in [1.807, 2.05) is 20.8 Å². The van der Waals surface area contributed by atoms with E-state index < -0.39 is 5.81 Å². The largest absolute Gasteiger partial charge is 0.361 e. The first-order chi connectivity index (χ1) is 4.54. The smallest absolute Gasteiger partial charge is 0.200 e. The first-order valence-electron chi connectivity index (χ1n) is 3.61. The summed E-state index contributed by atoms with van der Waals surface area (Å²) < 4.78 is 0. The molecule has 0 aromatic heterocycles. The number of carbonyl (C=O) groups is 1. The lowest BCUT2D eigenvalue weighted by atomic mass is 9.93. The van der Waals surface area contributed by atoms with E-state index in [0.717, 1.165) is 12.8 Å². The summed E-state index contributed by atoms with van der Waals surface area (Å²) in [4.78, 5) is 10.4. The molecular weight excluding hydrogens is 125 g/mol. The molecule has 3 heteroatoms. The molecule has 1 N–H and O–H groups in total. The molecule has 0 aliphatic heterocycles. The van der Waals surface area contributed by atoms with Gasteiger partial charge in [-0.1, -0.05) is 13.8 Å². The van der Waals surface area contributed by atoms with Gasteiger partial charge in [-0.15, -0.1) is 0 Å². The maximum atomic E-state index is 10.4. The van der Waals surface area contributed by atoms with E-state index in [1.54, 1.807) is 0 Å². The molecule has 2 radical (unpaired) electrons. The van der Waals surface area contributed by atoms with E-state index in [1.165, 1.54) is 0 Å². The molecule has 0 aromatic rings. The van der Waals surface area contributed by atoms with Crippen LogP contribution in [0, 0.1) is 0 Å². The molecule has 0 atom stereocenters. The number of carbonyl (C=O) groups excluding carboxylic acids is 1. The minimum absolute atomic E-state index is 0.119. The van der Waals surface area contributed by atoms with Gasteiger partial charge in [0.15, 0.2) is 5.81 Å². The van der Waals surface area contributed by atoms with Gasteiger partial charge in [-0.25, -0.2) is 0 Å². The summed E-state index contributed by atoms with van der Waals surface area (Å²) in [7, 11) is 4.98. The van der Waals surface area contributed by atoms with Gasteiger partial charge >= 0.3 is 0 Å². The molecular formula is C7H14BNO. The fourth-order valence-corrected chi connectivity index (χ4v) is 0.724. The van der Waals surface area contributed by atoms with Gasteiger partial charge in [0, 0.05) is 5.54 Å². The summed E-state index contributed by atoms with van der Waals surface area (Å²) in [5.41, 5.74) is -0.119. The van der Waals surface area contributed by atoms with E-state index in [4.69, 9.17) is 7.85 Å². The topological polar surface area (TPSA) is 29.1 Å². The van der Waals surface area contributed by atoms with Crippen LogP contribution in [0.5, 0.6) is 0 Å². The Balaban J connectivity index is 3.92. The zero-order valence-corrected chi connectivity index (χ0v) is 6.90. The zero-order valence-electron chi connectivity index (χ0n) is 6.90. The molecule has 0 aliphatic carbocycles. The Morgan fingerprint density at radius 2 is 1.90 bits per heavy atom. The Hall–Kier alpha value is -0.465. The second-order valence-corrected chi connectivity index (χ2v) is 2.76. The van der Waals surface area contributed by atoms with Crippen LogP contribution in [0.1, 0.15) is 33.6 Å². The van der Waals surface area contributed by atoms with Crippen LogP contribution < -0.4 is 5.32 Å². The van der Waals surface area contributed by atoms with E-state index in [-0.39, 0.29) is 5.54 Å². The van der Waals surface area contributed by atoms with Crippen LogP contribution in [0.15, 0.2) is 0 Å². The SMILES string of the molecule is [B]C(=O)NC(C)(CC)CC. The highest BCUT2D eigenvalue weighted by molar-refractivity contribution is 6.57. The Bertz CT molecular complexity index is 121. The standard InChI is InChI=1S/C7H14BNO/c1-4-7(3,5-2)9-6(8)10/h4-5H2,1-3H3,(H,9,10). The minimum atomic E-state index is -0.439. The van der Waals surface area contributed by atoms with Crippen LogP contribution in [0.3, 0.4) is 0 Å². The molecule has 0 fully saturated rings. The summed E-state index contributed by atoms with van der Waals surface area (Å²) in [6.45, 7) is 6.04. The van der Waals surface area contributed by atoms with E-state index >= 15 is 0 Å². The average Bonchev–Trinajstić information content (AvgIpc) is 1.87. The summed E-state index contributed by atoms with van der Waals surface area (Å²) in [6.07, 6.45) is 1.82. The summed E-state index contributed by atoms with van der Waals surface area (Å²) in [6, 6.07) is 0. The molecule has 10 heavy (non-hydrogen) atoms. The van der Waals surface area contributed by atoms with Gasteiger partial charge < -0.3 is 5.32 Å². The van der Waals surface area contributed by atoms with Crippen molar-refractivity contribution in [3.05, 3.63) is 0 Å². The lowest BCUT2D eigenvalue weighted by molar-refractivity contribution is 0.244. The van der Waals surface area contributed by atoms with Gasteiger partial charge in [0.25, 0.3) is 0 Å². The molecule has 0 unspecified atom stereocenters. The summed E-state index contributed by atoms with van der Waals surface area (Å²) >= 11 is 0. The number of nitrogens with one attached hydrogen (secondary N) is 1. The molecule has 0 saturated carbocycles. The van der Waals surface area contributed by atoms with E-state index in [0.29, 0.717) is 0 Å². The lowest BCUT2D eigenvalue weighted by Crippen LogP contribution is -2.44. The fraction of sp³-hybridized carbons (Fsp3) is 0.857. The predicted molar refractivity (Wildman–Crippen MR) is 43.3 cm³/mol. The molecule has 0 heterocycles. The summed E-state index contributed by atoms with van der Waals surface area (Å²) in [5, 5.41) is 2.69. The van der Waals surface area contributed by atoms with Crippen LogP contribution in [0.25, 0.3) is 0 Å². The Morgan fingerprint density at radius 3 is 2.00 bits per heavy atom. The van der Waals surface area contributed by atoms with Crippen molar-refractivity contribution in [1.82, 2.24) is 5.32 Å². The van der Waals surface area contributed by atoms with Crippen molar-refractivity contribution in [3.8, 4) is 0 Å². The molecule has 2 nitrogen and oxygen atoms in total. The van der Waals surface area contributed by atoms with Crippen molar-refractivity contribution in [2.24, 2.45) is 0 Å². The second kappa shape index (κ2) is 3.64. The van der Waals surface area contributed by atoms with Gasteiger partial charge in [0.2, 0.25) is 7.85 Å². The highest BCUT2D eigenvalue weighted by Gasteiger charge is 2.18. The minimum Gasteiger partial charge on any atom is -0.361 e. The van der Waals surface area contributed by atoms with Gasteiger partial charge in [-0.2, -0.15) is 0 Å². The van der Waals surface area contributed by atoms with Crippen LogP contribution in [-0.2, 0) is 0 Å². The van der Waals surface area contributed by atoms with Crippen LogP contribution in [0.4, 0.5) is 4.79 Å². The number of hydrogen-bond acceptors (Lipinski definition) is 1. The molecule has 0 aliphatic rings. The maximum Gasteiger partial charge on any atom is 0.200 e. The van der Waals surface area contributed by atoms with E-state index in [9.17, 15) is 4.79 Å². The molecule has 1 amide bonds. The van der Waals surface area contributed by atoms with Gasteiger partial charge in [-0.3, -0.25) is 4.79 Å². The van der Waals surface area contributed by atoms with Crippen molar-refractivity contribution in [2.45, 2.75) is 39.2 Å². The number of rotatable bonds is 3. The van der Waals surface area contributed by atoms with Crippen molar-refractivity contribution >= 4 is 13.7 Å². The highest BCUT2D eigenvalue weighted by atomic mass is 16.1. The molecule has 56 valence electrons.